The molecule has 88 valence electrons. The van der Waals surface area contributed by atoms with Crippen LogP contribution >= 0.6 is 15.9 Å². The van der Waals surface area contributed by atoms with Crippen LogP contribution in [0, 0.1) is 5.82 Å². The van der Waals surface area contributed by atoms with E-state index in [4.69, 9.17) is 0 Å². The summed E-state index contributed by atoms with van der Waals surface area (Å²) in [6, 6.07) is 2.88. The lowest BCUT2D eigenvalue weighted by Gasteiger charge is -2.06. The lowest BCUT2D eigenvalue weighted by atomic mass is 10.3. The van der Waals surface area contributed by atoms with Crippen LogP contribution in [0.4, 0.5) is 10.2 Å². The lowest BCUT2D eigenvalue weighted by molar-refractivity contribution is 0.621. The van der Waals surface area contributed by atoms with E-state index in [0.29, 0.717) is 17.3 Å². The van der Waals surface area contributed by atoms with Crippen molar-refractivity contribution in [2.45, 2.75) is 6.92 Å². The lowest BCUT2D eigenvalue weighted by Crippen LogP contribution is -2.02. The molecule has 6 heteroatoms. The van der Waals surface area contributed by atoms with Gasteiger partial charge in [-0.1, -0.05) is 0 Å². The fourth-order valence-electron chi connectivity index (χ4n) is 1.29. The average molecular weight is 297 g/mol. The van der Waals surface area contributed by atoms with E-state index in [1.54, 1.807) is 12.3 Å². The first-order valence-corrected chi connectivity index (χ1v) is 5.88. The van der Waals surface area contributed by atoms with Crippen molar-refractivity contribution in [1.29, 1.82) is 0 Å². The third-order valence-corrected chi connectivity index (χ3v) is 2.63. The Hall–Kier alpha value is -1.56. The molecule has 0 saturated carbocycles. The minimum Gasteiger partial charge on any atom is -0.369 e. The molecular weight excluding hydrogens is 287 g/mol. The number of anilines is 1. The van der Waals surface area contributed by atoms with Crippen molar-refractivity contribution in [2.24, 2.45) is 0 Å². The van der Waals surface area contributed by atoms with Crippen molar-refractivity contribution in [1.82, 2.24) is 15.0 Å². The minimum atomic E-state index is -0.377. The van der Waals surface area contributed by atoms with Crippen molar-refractivity contribution >= 4 is 21.7 Å². The largest absolute Gasteiger partial charge is 0.369 e. The Labute approximate surface area is 106 Å². The van der Waals surface area contributed by atoms with Crippen LogP contribution < -0.4 is 5.32 Å². The minimum absolute atomic E-state index is 0.377. The summed E-state index contributed by atoms with van der Waals surface area (Å²) < 4.78 is 13.5. The van der Waals surface area contributed by atoms with Gasteiger partial charge in [-0.05, 0) is 35.0 Å². The number of pyridine rings is 1. The smallest absolute Gasteiger partial charge is 0.180 e. The van der Waals surface area contributed by atoms with Crippen LogP contribution in [0.5, 0.6) is 0 Å². The zero-order chi connectivity index (χ0) is 12.3. The highest BCUT2D eigenvalue weighted by Crippen LogP contribution is 2.21. The van der Waals surface area contributed by atoms with E-state index in [-0.39, 0.29) is 5.82 Å². The second kappa shape index (κ2) is 5.18. The topological polar surface area (TPSA) is 50.7 Å². The molecule has 2 aromatic heterocycles. The van der Waals surface area contributed by atoms with Gasteiger partial charge in [-0.3, -0.25) is 0 Å². The fraction of sp³-hybridized carbons (Fsp3) is 0.182. The van der Waals surface area contributed by atoms with Crippen LogP contribution in [0.15, 0.2) is 29.0 Å². The number of nitrogens with zero attached hydrogens (tertiary/aromatic N) is 3. The molecule has 0 saturated heterocycles. The van der Waals surface area contributed by atoms with Gasteiger partial charge in [0, 0.05) is 12.7 Å². The summed E-state index contributed by atoms with van der Waals surface area (Å²) in [5.41, 5.74) is 0.540. The first-order chi connectivity index (χ1) is 8.20. The quantitative estimate of drug-likeness (QED) is 0.946. The molecule has 0 amide bonds. The zero-order valence-corrected chi connectivity index (χ0v) is 10.7. The third kappa shape index (κ3) is 2.76. The zero-order valence-electron chi connectivity index (χ0n) is 9.11. The molecule has 0 bridgehead atoms. The summed E-state index contributed by atoms with van der Waals surface area (Å²) in [6.07, 6.45) is 2.79. The van der Waals surface area contributed by atoms with Gasteiger partial charge in [-0.25, -0.2) is 19.3 Å². The maximum atomic E-state index is 12.7. The standard InChI is InChI=1S/C11H10BrFN4/c1-2-14-10-8(12)6-16-11(17-10)9-4-3-7(13)5-15-9/h3-6H,2H2,1H3,(H,14,16,17). The first-order valence-electron chi connectivity index (χ1n) is 5.09. The van der Waals surface area contributed by atoms with Crippen LogP contribution in [0.3, 0.4) is 0 Å². The number of halogens is 2. The summed E-state index contributed by atoms with van der Waals surface area (Å²) in [4.78, 5) is 12.4. The van der Waals surface area contributed by atoms with Crippen LogP contribution in [0.1, 0.15) is 6.92 Å². The van der Waals surface area contributed by atoms with Gasteiger partial charge in [-0.2, -0.15) is 0 Å². The second-order valence-electron chi connectivity index (χ2n) is 3.28. The Kier molecular flexibility index (Phi) is 3.63. The van der Waals surface area contributed by atoms with Crippen LogP contribution in [-0.4, -0.2) is 21.5 Å². The Morgan fingerprint density at radius 1 is 1.29 bits per heavy atom. The van der Waals surface area contributed by atoms with E-state index in [0.717, 1.165) is 17.2 Å². The maximum Gasteiger partial charge on any atom is 0.180 e. The third-order valence-electron chi connectivity index (χ3n) is 2.04. The molecule has 0 unspecified atom stereocenters. The number of nitrogens with one attached hydrogen (secondary N) is 1. The molecule has 2 heterocycles. The Balaban J connectivity index is 2.39. The van der Waals surface area contributed by atoms with Crippen molar-refractivity contribution in [3.8, 4) is 11.5 Å². The van der Waals surface area contributed by atoms with Gasteiger partial charge >= 0.3 is 0 Å². The molecule has 0 fully saturated rings. The van der Waals surface area contributed by atoms with Crippen molar-refractivity contribution in [3.63, 3.8) is 0 Å². The molecule has 0 aliphatic carbocycles. The van der Waals surface area contributed by atoms with Gasteiger partial charge in [0.05, 0.1) is 10.7 Å². The molecule has 0 aromatic carbocycles. The normalized spacial score (nSPS) is 10.3. The molecule has 0 aliphatic rings. The molecular formula is C11H10BrFN4. The van der Waals surface area contributed by atoms with Crippen molar-refractivity contribution < 1.29 is 4.39 Å². The Bertz CT molecular complexity index is 515. The number of hydrogen-bond donors (Lipinski definition) is 1. The molecule has 2 rings (SSSR count). The summed E-state index contributed by atoms with van der Waals surface area (Å²) in [5.74, 6) is 0.783. The van der Waals surface area contributed by atoms with Crippen molar-refractivity contribution in [2.75, 3.05) is 11.9 Å². The second-order valence-corrected chi connectivity index (χ2v) is 4.14. The van der Waals surface area contributed by atoms with E-state index in [2.05, 4.69) is 36.2 Å². The summed E-state index contributed by atoms with van der Waals surface area (Å²) in [6.45, 7) is 2.73. The van der Waals surface area contributed by atoms with Crippen molar-refractivity contribution in [3.05, 3.63) is 34.8 Å². The number of hydrogen-bond acceptors (Lipinski definition) is 4. The van der Waals surface area contributed by atoms with E-state index < -0.39 is 0 Å². The van der Waals surface area contributed by atoms with Gasteiger partial charge in [0.1, 0.15) is 17.3 Å². The SMILES string of the molecule is CCNc1nc(-c2ccc(F)cn2)ncc1Br. The monoisotopic (exact) mass is 296 g/mol. The molecule has 2 aromatic rings. The van der Waals surface area contributed by atoms with Gasteiger partial charge in [-0.15, -0.1) is 0 Å². The summed E-state index contributed by atoms with van der Waals surface area (Å²) >= 11 is 3.35. The number of rotatable bonds is 3. The Morgan fingerprint density at radius 3 is 2.76 bits per heavy atom. The predicted octanol–water partition coefficient (Wildman–Crippen LogP) is 2.87. The van der Waals surface area contributed by atoms with E-state index in [9.17, 15) is 4.39 Å². The summed E-state index contributed by atoms with van der Waals surface area (Å²) in [7, 11) is 0. The number of aromatic nitrogens is 3. The maximum absolute atomic E-state index is 12.7. The molecule has 17 heavy (non-hydrogen) atoms. The highest BCUT2D eigenvalue weighted by atomic mass is 79.9. The van der Waals surface area contributed by atoms with E-state index in [1.165, 1.54) is 6.07 Å². The summed E-state index contributed by atoms with van der Waals surface area (Å²) in [5, 5.41) is 3.10. The molecule has 4 nitrogen and oxygen atoms in total. The molecule has 1 N–H and O–H groups in total. The highest BCUT2D eigenvalue weighted by molar-refractivity contribution is 9.10. The fourth-order valence-corrected chi connectivity index (χ4v) is 1.62. The van der Waals surface area contributed by atoms with Gasteiger partial charge < -0.3 is 5.32 Å². The first kappa shape index (κ1) is 11.9. The van der Waals surface area contributed by atoms with Crippen LogP contribution in [-0.2, 0) is 0 Å². The molecule has 0 aliphatic heterocycles. The van der Waals surface area contributed by atoms with Gasteiger partial charge in [0.2, 0.25) is 0 Å². The molecule has 0 atom stereocenters. The van der Waals surface area contributed by atoms with E-state index in [1.807, 2.05) is 6.92 Å². The van der Waals surface area contributed by atoms with E-state index >= 15 is 0 Å². The van der Waals surface area contributed by atoms with Gasteiger partial charge in [0.25, 0.3) is 0 Å². The highest BCUT2D eigenvalue weighted by Gasteiger charge is 2.07. The van der Waals surface area contributed by atoms with Crippen LogP contribution in [0.25, 0.3) is 11.5 Å². The molecule has 0 spiro atoms. The van der Waals surface area contributed by atoms with Gasteiger partial charge in [0.15, 0.2) is 5.82 Å². The Morgan fingerprint density at radius 2 is 2.12 bits per heavy atom. The predicted molar refractivity (Wildman–Crippen MR) is 67.1 cm³/mol. The molecule has 0 radical (unpaired) electrons. The average Bonchev–Trinajstić information content (AvgIpc) is 2.33. The van der Waals surface area contributed by atoms with Crippen LogP contribution in [0.2, 0.25) is 0 Å².